The van der Waals surface area contributed by atoms with Crippen molar-refractivity contribution in [3.05, 3.63) is 102 Å². The van der Waals surface area contributed by atoms with Gasteiger partial charge in [-0.3, -0.25) is 9.59 Å². The number of ether oxygens (including phenoxy) is 2. The number of furan rings is 1. The molecule has 8 nitrogen and oxygen atoms in total. The van der Waals surface area contributed by atoms with Gasteiger partial charge in [0.05, 0.1) is 12.8 Å². The van der Waals surface area contributed by atoms with Gasteiger partial charge in [0.15, 0.2) is 5.76 Å². The van der Waals surface area contributed by atoms with Crippen molar-refractivity contribution < 1.29 is 23.5 Å². The topological polar surface area (TPSA) is 120 Å². The van der Waals surface area contributed by atoms with E-state index in [0.717, 1.165) is 28.8 Å². The van der Waals surface area contributed by atoms with Crippen LogP contribution in [0.3, 0.4) is 0 Å². The SMILES string of the molecule is C/C=C\C=C(\C)CC.C=C.C=N/C(=C\C)OC=O.CC(C)(C)N.COc1ccc2oc(C(=O)c3cc(C)c(C)[nH]3)cc2c1. The summed E-state index contributed by atoms with van der Waals surface area (Å²) in [6.07, 6.45) is 8.95. The molecule has 0 spiro atoms. The third-order valence-corrected chi connectivity index (χ3v) is 5.17. The summed E-state index contributed by atoms with van der Waals surface area (Å²) in [5.74, 6) is 1.16. The minimum absolute atomic E-state index is 0. The standard InChI is InChI=1S/C16H15NO3.C8H14.C5H7NO2.C4H11N.C2H4/c1-9-6-13(17-10(9)2)16(18)15-8-11-7-12(19-3)4-5-14(11)20-15;1-4-6-7-8(3)5-2;1-3-5(6-2)8-4-7;1-4(2,3)5;1-2/h4-8,17H,1-3H3;4,6-7H,5H2,1-3H3;3-4H,2H2,1H3;5H2,1-3H3;1-2H2/b;6-4-,8-7-;5-3+;;. The number of ketones is 1. The van der Waals surface area contributed by atoms with E-state index < -0.39 is 0 Å². The summed E-state index contributed by atoms with van der Waals surface area (Å²) in [7, 11) is 1.61. The van der Waals surface area contributed by atoms with Gasteiger partial charge in [-0.2, -0.15) is 0 Å². The van der Waals surface area contributed by atoms with Gasteiger partial charge in [0.2, 0.25) is 11.7 Å². The number of hydrogen-bond acceptors (Lipinski definition) is 7. The number of benzene rings is 1. The van der Waals surface area contributed by atoms with Gasteiger partial charge in [-0.1, -0.05) is 30.7 Å². The lowest BCUT2D eigenvalue weighted by molar-refractivity contribution is -0.125. The van der Waals surface area contributed by atoms with Crippen LogP contribution >= 0.6 is 0 Å². The van der Waals surface area contributed by atoms with Crippen molar-refractivity contribution in [2.45, 2.75) is 74.3 Å². The Hall–Kier alpha value is -4.43. The minimum Gasteiger partial charge on any atom is -0.497 e. The molecule has 2 aromatic heterocycles. The second-order valence-electron chi connectivity index (χ2n) is 10.1. The summed E-state index contributed by atoms with van der Waals surface area (Å²) in [5.41, 5.74) is 10.1. The molecule has 0 saturated carbocycles. The molecule has 236 valence electrons. The molecule has 2 heterocycles. The van der Waals surface area contributed by atoms with E-state index in [2.05, 4.69) is 60.6 Å². The van der Waals surface area contributed by atoms with Crippen LogP contribution in [0.5, 0.6) is 5.75 Å². The first-order chi connectivity index (χ1) is 20.2. The van der Waals surface area contributed by atoms with E-state index in [1.807, 2.05) is 65.8 Å². The van der Waals surface area contributed by atoms with Crippen molar-refractivity contribution in [2.75, 3.05) is 7.11 Å². The Morgan fingerprint density at radius 1 is 1.14 bits per heavy atom. The zero-order valence-electron chi connectivity index (χ0n) is 27.7. The molecular formula is C35H51N3O5. The summed E-state index contributed by atoms with van der Waals surface area (Å²) in [5, 5.41) is 0.854. The van der Waals surface area contributed by atoms with Crippen molar-refractivity contribution >= 4 is 29.9 Å². The number of aromatic nitrogens is 1. The van der Waals surface area contributed by atoms with Gasteiger partial charge in [0.25, 0.3) is 6.47 Å². The third kappa shape index (κ3) is 17.9. The molecular weight excluding hydrogens is 542 g/mol. The highest BCUT2D eigenvalue weighted by atomic mass is 16.5. The molecule has 0 aliphatic heterocycles. The maximum Gasteiger partial charge on any atom is 0.299 e. The first-order valence-corrected chi connectivity index (χ1v) is 13.8. The number of allylic oxidation sites excluding steroid dienone is 5. The highest BCUT2D eigenvalue weighted by Gasteiger charge is 2.17. The number of aromatic amines is 1. The second-order valence-corrected chi connectivity index (χ2v) is 10.1. The second kappa shape index (κ2) is 22.2. The molecule has 3 N–H and O–H groups in total. The minimum atomic E-state index is -0.142. The van der Waals surface area contributed by atoms with Crippen LogP contribution in [-0.4, -0.2) is 36.6 Å². The van der Waals surface area contributed by atoms with Gasteiger partial charge in [-0.15, -0.1) is 13.2 Å². The monoisotopic (exact) mass is 593 g/mol. The number of nitrogens with zero attached hydrogens (tertiary/aromatic N) is 1. The first kappa shape index (κ1) is 40.7. The normalized spacial score (nSPS) is 11.0. The lowest BCUT2D eigenvalue weighted by Gasteiger charge is -2.06. The molecule has 8 heteroatoms. The fourth-order valence-electron chi connectivity index (χ4n) is 2.80. The van der Waals surface area contributed by atoms with Gasteiger partial charge < -0.3 is 24.6 Å². The Morgan fingerprint density at radius 3 is 2.14 bits per heavy atom. The Kier molecular flexibility index (Phi) is 21.0. The van der Waals surface area contributed by atoms with Crippen LogP contribution in [0.1, 0.15) is 82.4 Å². The smallest absolute Gasteiger partial charge is 0.299 e. The Bertz CT molecular complexity index is 1330. The number of nitrogens with one attached hydrogen (secondary N) is 1. The lowest BCUT2D eigenvalue weighted by atomic mass is 10.1. The number of carbonyl (C=O) groups excluding carboxylic acids is 2. The number of H-pyrrole nitrogens is 1. The quantitative estimate of drug-likeness (QED) is 0.0672. The fraction of sp³-hybridized carbons (Fsp3) is 0.343. The van der Waals surface area contributed by atoms with E-state index in [0.29, 0.717) is 23.5 Å². The summed E-state index contributed by atoms with van der Waals surface area (Å²) in [6, 6.07) is 9.04. The summed E-state index contributed by atoms with van der Waals surface area (Å²) >= 11 is 0. The van der Waals surface area contributed by atoms with Gasteiger partial charge in [-0.05, 0) is 110 Å². The molecule has 0 bridgehead atoms. The van der Waals surface area contributed by atoms with Crippen molar-refractivity contribution in [2.24, 2.45) is 10.7 Å². The van der Waals surface area contributed by atoms with Crippen molar-refractivity contribution in [3.8, 4) is 5.75 Å². The molecule has 3 rings (SSSR count). The van der Waals surface area contributed by atoms with E-state index >= 15 is 0 Å². The van der Waals surface area contributed by atoms with Crippen molar-refractivity contribution in [1.29, 1.82) is 0 Å². The highest BCUT2D eigenvalue weighted by molar-refractivity contribution is 6.08. The molecule has 1 aromatic carbocycles. The van der Waals surface area contributed by atoms with Crippen LogP contribution in [0, 0.1) is 13.8 Å². The number of fused-ring (bicyclic) bond motifs is 1. The number of hydrogen-bond donors (Lipinski definition) is 2. The largest absolute Gasteiger partial charge is 0.497 e. The molecule has 0 saturated heterocycles. The molecule has 0 fully saturated rings. The highest BCUT2D eigenvalue weighted by Crippen LogP contribution is 2.25. The van der Waals surface area contributed by atoms with E-state index in [4.69, 9.17) is 14.9 Å². The van der Waals surface area contributed by atoms with Crippen LogP contribution in [-0.2, 0) is 9.53 Å². The van der Waals surface area contributed by atoms with Crippen molar-refractivity contribution in [1.82, 2.24) is 4.98 Å². The molecule has 43 heavy (non-hydrogen) atoms. The Balaban J connectivity index is 0. The molecule has 0 radical (unpaired) electrons. The average Bonchev–Trinajstić information content (AvgIpc) is 3.56. The maximum atomic E-state index is 12.4. The summed E-state index contributed by atoms with van der Waals surface area (Å²) in [6.45, 7) is 27.3. The molecule has 0 aliphatic carbocycles. The van der Waals surface area contributed by atoms with Gasteiger partial charge in [0, 0.05) is 16.6 Å². The predicted octanol–water partition coefficient (Wildman–Crippen LogP) is 8.80. The Labute approximate surface area is 258 Å². The van der Waals surface area contributed by atoms with E-state index in [9.17, 15) is 9.59 Å². The average molecular weight is 594 g/mol. The number of aliphatic imine (C=N–C) groups is 1. The zero-order chi connectivity index (χ0) is 33.6. The van der Waals surface area contributed by atoms with Crippen LogP contribution in [0.2, 0.25) is 0 Å². The molecule has 3 aromatic rings. The lowest BCUT2D eigenvalue weighted by Crippen LogP contribution is -2.26. The summed E-state index contributed by atoms with van der Waals surface area (Å²) < 4.78 is 15.1. The van der Waals surface area contributed by atoms with Crippen molar-refractivity contribution in [3.63, 3.8) is 0 Å². The molecule has 0 amide bonds. The van der Waals surface area contributed by atoms with Gasteiger partial charge >= 0.3 is 0 Å². The number of nitrogens with two attached hydrogens (primary N) is 1. The molecule has 0 aliphatic rings. The summed E-state index contributed by atoms with van der Waals surface area (Å²) in [4.78, 5) is 28.4. The maximum absolute atomic E-state index is 12.4. The van der Waals surface area contributed by atoms with E-state index in [1.54, 1.807) is 32.2 Å². The van der Waals surface area contributed by atoms with E-state index in [1.165, 1.54) is 5.57 Å². The van der Waals surface area contributed by atoms with E-state index in [-0.39, 0.29) is 17.2 Å². The number of aryl methyl sites for hydroxylation is 2. The zero-order valence-corrected chi connectivity index (χ0v) is 27.7. The fourth-order valence-corrected chi connectivity index (χ4v) is 2.80. The number of rotatable bonds is 8. The van der Waals surface area contributed by atoms with Gasteiger partial charge in [-0.25, -0.2) is 4.99 Å². The predicted molar refractivity (Wildman–Crippen MR) is 181 cm³/mol. The number of carbonyl (C=O) groups is 2. The Morgan fingerprint density at radius 2 is 1.74 bits per heavy atom. The van der Waals surface area contributed by atoms with Crippen LogP contribution in [0.15, 0.2) is 88.7 Å². The van der Waals surface area contributed by atoms with Gasteiger partial charge in [0.1, 0.15) is 11.3 Å². The van der Waals surface area contributed by atoms with Crippen LogP contribution in [0.4, 0.5) is 0 Å². The van der Waals surface area contributed by atoms with Crippen LogP contribution < -0.4 is 10.5 Å². The molecule has 0 unspecified atom stereocenters. The first-order valence-electron chi connectivity index (χ1n) is 13.8. The number of methoxy groups -OCH3 is 1. The van der Waals surface area contributed by atoms with Crippen LogP contribution in [0.25, 0.3) is 11.0 Å². The molecule has 0 atom stereocenters. The third-order valence-electron chi connectivity index (χ3n) is 5.17.